The van der Waals surface area contributed by atoms with Gasteiger partial charge in [-0.2, -0.15) is 5.10 Å². The normalized spacial score (nSPS) is 14.3. The van der Waals surface area contributed by atoms with Crippen molar-refractivity contribution in [2.45, 2.75) is 25.8 Å². The Kier molecular flexibility index (Phi) is 8.05. The number of carboxylic acids is 1. The van der Waals surface area contributed by atoms with E-state index < -0.39 is 5.97 Å². The first-order valence-electron chi connectivity index (χ1n) is 12.9. The first-order valence-corrected chi connectivity index (χ1v) is 13.3. The van der Waals surface area contributed by atoms with Crippen LogP contribution in [0.1, 0.15) is 41.5 Å². The van der Waals surface area contributed by atoms with Crippen LogP contribution in [0.3, 0.4) is 0 Å². The molecule has 1 aliphatic carbocycles. The lowest BCUT2D eigenvalue weighted by atomic mass is 9.73. The van der Waals surface area contributed by atoms with Crippen molar-refractivity contribution in [3.63, 3.8) is 0 Å². The number of halogens is 2. The number of carboxylic acid groups (broad SMARTS) is 1. The molecule has 4 aromatic rings. The molecule has 1 heterocycles. The van der Waals surface area contributed by atoms with Crippen LogP contribution in [0.4, 0.5) is 4.39 Å². The van der Waals surface area contributed by atoms with Crippen LogP contribution in [0, 0.1) is 11.7 Å². The summed E-state index contributed by atoms with van der Waals surface area (Å²) in [5.74, 6) is -1.09. The summed E-state index contributed by atoms with van der Waals surface area (Å²) in [6, 6.07) is 20.6. The fourth-order valence-corrected chi connectivity index (χ4v) is 5.21. The highest BCUT2D eigenvalue weighted by Gasteiger charge is 2.28. The Morgan fingerprint density at radius 1 is 1.03 bits per heavy atom. The SMILES string of the molecule is O=C(O)/C=C/c1ccc(/C(=C(\c2ccc(F)cc2Cl)C2CCC2)c2ccc(-c3cnn(CCO)c3)cc2)cc1. The molecular weight excluding hydrogens is 515 g/mol. The Balaban J connectivity index is 1.65. The van der Waals surface area contributed by atoms with Crippen LogP contribution in [-0.4, -0.2) is 32.6 Å². The average Bonchev–Trinajstić information content (AvgIpc) is 3.36. The van der Waals surface area contributed by atoms with Crippen LogP contribution in [0.5, 0.6) is 0 Å². The van der Waals surface area contributed by atoms with Gasteiger partial charge in [-0.1, -0.05) is 72.6 Å². The molecule has 3 aromatic carbocycles. The number of benzene rings is 3. The van der Waals surface area contributed by atoms with Crippen molar-refractivity contribution in [3.8, 4) is 11.1 Å². The highest BCUT2D eigenvalue weighted by atomic mass is 35.5. The van der Waals surface area contributed by atoms with Crippen LogP contribution in [0.2, 0.25) is 5.02 Å². The molecule has 1 saturated carbocycles. The van der Waals surface area contributed by atoms with Crippen LogP contribution in [0.25, 0.3) is 28.3 Å². The summed E-state index contributed by atoms with van der Waals surface area (Å²) in [6.07, 6.45) is 9.53. The minimum Gasteiger partial charge on any atom is -0.478 e. The molecule has 7 heteroatoms. The minimum atomic E-state index is -1.00. The third-order valence-corrected chi connectivity index (χ3v) is 7.40. The molecule has 5 nitrogen and oxygen atoms in total. The lowest BCUT2D eigenvalue weighted by molar-refractivity contribution is -0.131. The molecule has 0 aliphatic heterocycles. The van der Waals surface area contributed by atoms with Crippen molar-refractivity contribution >= 4 is 34.8 Å². The van der Waals surface area contributed by atoms with E-state index in [2.05, 4.69) is 17.2 Å². The van der Waals surface area contributed by atoms with E-state index in [1.54, 1.807) is 23.0 Å². The number of aliphatic hydroxyl groups is 1. The van der Waals surface area contributed by atoms with Gasteiger partial charge in [0, 0.05) is 17.8 Å². The van der Waals surface area contributed by atoms with E-state index in [4.69, 9.17) is 16.7 Å². The molecule has 198 valence electrons. The van der Waals surface area contributed by atoms with Crippen molar-refractivity contribution in [3.05, 3.63) is 118 Å². The number of rotatable bonds is 9. The minimum absolute atomic E-state index is 0.0228. The highest BCUT2D eigenvalue weighted by molar-refractivity contribution is 6.32. The van der Waals surface area contributed by atoms with Crippen LogP contribution >= 0.6 is 11.6 Å². The van der Waals surface area contributed by atoms with Gasteiger partial charge in [-0.05, 0) is 75.9 Å². The number of aliphatic carboxylic acids is 1. The maximum Gasteiger partial charge on any atom is 0.328 e. The molecule has 39 heavy (non-hydrogen) atoms. The van der Waals surface area contributed by atoms with Gasteiger partial charge in [-0.15, -0.1) is 0 Å². The van der Waals surface area contributed by atoms with Gasteiger partial charge in [-0.3, -0.25) is 4.68 Å². The molecule has 0 radical (unpaired) electrons. The Labute approximate surface area is 231 Å². The number of carbonyl (C=O) groups is 1. The molecule has 5 rings (SSSR count). The molecule has 0 atom stereocenters. The second kappa shape index (κ2) is 11.8. The largest absolute Gasteiger partial charge is 0.478 e. The zero-order valence-corrected chi connectivity index (χ0v) is 22.0. The Hall–Kier alpha value is -4.00. The van der Waals surface area contributed by atoms with Gasteiger partial charge in [0.2, 0.25) is 0 Å². The second-order valence-electron chi connectivity index (χ2n) is 9.63. The standard InChI is InChI=1S/C32H28ClFN2O3/c33-29-18-27(34)13-14-28(29)32(23-2-1-3-23)31(24-7-4-21(5-8-24)6-15-30(38)39)25-11-9-22(10-12-25)26-19-35-36(20-26)16-17-37/h4-15,18-20,23,37H,1-3,16-17H2,(H,38,39)/b15-6+,32-31+. The lowest BCUT2D eigenvalue weighted by Crippen LogP contribution is -2.15. The summed E-state index contributed by atoms with van der Waals surface area (Å²) >= 11 is 6.63. The van der Waals surface area contributed by atoms with Crippen molar-refractivity contribution in [2.24, 2.45) is 5.92 Å². The zero-order chi connectivity index (χ0) is 27.4. The van der Waals surface area contributed by atoms with Gasteiger partial charge in [0.05, 0.1) is 24.4 Å². The zero-order valence-electron chi connectivity index (χ0n) is 21.2. The van der Waals surface area contributed by atoms with Crippen LogP contribution in [0.15, 0.2) is 85.2 Å². The number of allylic oxidation sites excluding steroid dienone is 1. The Morgan fingerprint density at radius 3 is 2.31 bits per heavy atom. The molecular formula is C32H28ClFN2O3. The van der Waals surface area contributed by atoms with E-state index >= 15 is 0 Å². The Bertz CT molecular complexity index is 1530. The Morgan fingerprint density at radius 2 is 1.72 bits per heavy atom. The first-order chi connectivity index (χ1) is 18.9. The van der Waals surface area contributed by atoms with Gasteiger partial charge in [-0.25, -0.2) is 9.18 Å². The summed E-state index contributed by atoms with van der Waals surface area (Å²) in [6.45, 7) is 0.459. The van der Waals surface area contributed by atoms with Gasteiger partial charge < -0.3 is 10.2 Å². The van der Waals surface area contributed by atoms with E-state index in [9.17, 15) is 14.3 Å². The maximum atomic E-state index is 14.0. The van der Waals surface area contributed by atoms with Gasteiger partial charge in [0.1, 0.15) is 5.82 Å². The van der Waals surface area contributed by atoms with E-state index in [0.717, 1.165) is 69.9 Å². The quantitative estimate of drug-likeness (QED) is 0.173. The van der Waals surface area contributed by atoms with E-state index in [1.807, 2.05) is 42.6 Å². The van der Waals surface area contributed by atoms with E-state index in [-0.39, 0.29) is 18.3 Å². The fraction of sp³-hybridized carbons (Fsp3) is 0.188. The highest BCUT2D eigenvalue weighted by Crippen LogP contribution is 2.47. The van der Waals surface area contributed by atoms with Gasteiger partial charge >= 0.3 is 5.97 Å². The lowest BCUT2D eigenvalue weighted by Gasteiger charge is -2.32. The summed E-state index contributed by atoms with van der Waals surface area (Å²) in [5, 5.41) is 22.9. The van der Waals surface area contributed by atoms with Gasteiger partial charge in [0.15, 0.2) is 0 Å². The topological polar surface area (TPSA) is 75.3 Å². The van der Waals surface area contributed by atoms with Crippen LogP contribution in [-0.2, 0) is 11.3 Å². The van der Waals surface area contributed by atoms with Crippen molar-refractivity contribution in [1.29, 1.82) is 0 Å². The number of hydrogen-bond donors (Lipinski definition) is 2. The predicted molar refractivity (Wildman–Crippen MR) is 153 cm³/mol. The molecule has 1 fully saturated rings. The summed E-state index contributed by atoms with van der Waals surface area (Å²) in [4.78, 5) is 11.0. The number of aromatic nitrogens is 2. The maximum absolute atomic E-state index is 14.0. The number of aliphatic hydroxyl groups excluding tert-OH is 1. The first kappa shape index (κ1) is 26.6. The molecule has 1 aromatic heterocycles. The van der Waals surface area contributed by atoms with Crippen molar-refractivity contribution in [1.82, 2.24) is 9.78 Å². The second-order valence-corrected chi connectivity index (χ2v) is 10.0. The van der Waals surface area contributed by atoms with E-state index in [0.29, 0.717) is 11.6 Å². The van der Waals surface area contributed by atoms with Crippen molar-refractivity contribution < 1.29 is 19.4 Å². The summed E-state index contributed by atoms with van der Waals surface area (Å²) in [5.41, 5.74) is 7.62. The molecule has 0 spiro atoms. The smallest absolute Gasteiger partial charge is 0.328 e. The molecule has 0 bridgehead atoms. The third kappa shape index (κ3) is 6.03. The summed E-state index contributed by atoms with van der Waals surface area (Å²) in [7, 11) is 0. The number of hydrogen-bond acceptors (Lipinski definition) is 3. The number of nitrogens with zero attached hydrogens (tertiary/aromatic N) is 2. The third-order valence-electron chi connectivity index (χ3n) is 7.09. The summed E-state index contributed by atoms with van der Waals surface area (Å²) < 4.78 is 15.7. The fourth-order valence-electron chi connectivity index (χ4n) is 4.94. The average molecular weight is 543 g/mol. The van der Waals surface area contributed by atoms with Crippen LogP contribution < -0.4 is 0 Å². The molecule has 2 N–H and O–H groups in total. The van der Waals surface area contributed by atoms with Gasteiger partial charge in [0.25, 0.3) is 0 Å². The molecule has 1 aliphatic rings. The molecule has 0 saturated heterocycles. The predicted octanol–water partition coefficient (Wildman–Crippen LogP) is 7.19. The molecule has 0 unspecified atom stereocenters. The monoisotopic (exact) mass is 542 g/mol. The van der Waals surface area contributed by atoms with Crippen molar-refractivity contribution in [2.75, 3.05) is 6.61 Å². The van der Waals surface area contributed by atoms with E-state index in [1.165, 1.54) is 12.1 Å². The molecule has 0 amide bonds.